The molecule has 2 rings (SSSR count). The van der Waals surface area contributed by atoms with E-state index in [1.165, 1.54) is 30.3 Å². The van der Waals surface area contributed by atoms with Crippen LogP contribution >= 0.6 is 15.9 Å². The normalized spacial score (nSPS) is 16.6. The number of sulfonamides is 1. The number of nitrogens with two attached hydrogens (primary N) is 1. The molecule has 1 saturated carbocycles. The molecule has 5 nitrogen and oxygen atoms in total. The summed E-state index contributed by atoms with van der Waals surface area (Å²) in [6.07, 6.45) is 4.57. The van der Waals surface area contributed by atoms with Gasteiger partial charge in [-0.1, -0.05) is 12.8 Å². The number of methoxy groups -OCH3 is 1. The second-order valence-electron chi connectivity index (χ2n) is 5.46. The van der Waals surface area contributed by atoms with Crippen LogP contribution in [0.3, 0.4) is 0 Å². The molecular weight excluding hydrogens is 356 g/mol. The maximum atomic E-state index is 12.7. The number of hydrogen-bond acceptors (Lipinski definition) is 4. The third kappa shape index (κ3) is 3.52. The van der Waals surface area contributed by atoms with Gasteiger partial charge in [0.1, 0.15) is 10.6 Å². The summed E-state index contributed by atoms with van der Waals surface area (Å²) in [7, 11) is -0.532. The van der Waals surface area contributed by atoms with E-state index in [0.29, 0.717) is 28.4 Å². The number of nitrogens with zero attached hydrogens (tertiary/aromatic N) is 1. The number of rotatable bonds is 5. The molecule has 1 fully saturated rings. The molecule has 1 aromatic rings. The minimum Gasteiger partial charge on any atom is -0.495 e. The molecule has 0 amide bonds. The standard InChI is InChI=1S/C14H21BrN2O3S/c1-17(9-10-5-3-4-6-10)21(18,19)14-8-12(16)11(15)7-13(14)20-2/h7-8,10H,3-6,9,16H2,1-2H3. The number of ether oxygens (including phenoxy) is 1. The van der Waals surface area contributed by atoms with Gasteiger partial charge in [0.2, 0.25) is 10.0 Å². The highest BCUT2D eigenvalue weighted by Crippen LogP contribution is 2.34. The average Bonchev–Trinajstić information content (AvgIpc) is 2.94. The molecule has 0 saturated heterocycles. The zero-order valence-corrected chi connectivity index (χ0v) is 14.7. The van der Waals surface area contributed by atoms with Gasteiger partial charge in [0.05, 0.1) is 7.11 Å². The lowest BCUT2D eigenvalue weighted by Gasteiger charge is -2.22. The van der Waals surface area contributed by atoms with Gasteiger partial charge in [-0.15, -0.1) is 0 Å². The van der Waals surface area contributed by atoms with Crippen molar-refractivity contribution >= 4 is 31.6 Å². The van der Waals surface area contributed by atoms with E-state index < -0.39 is 10.0 Å². The molecule has 0 bridgehead atoms. The molecule has 0 spiro atoms. The summed E-state index contributed by atoms with van der Waals surface area (Å²) in [5, 5.41) is 0. The summed E-state index contributed by atoms with van der Waals surface area (Å²) >= 11 is 3.28. The second-order valence-corrected chi connectivity index (χ2v) is 8.33. The van der Waals surface area contributed by atoms with E-state index in [9.17, 15) is 8.42 Å². The monoisotopic (exact) mass is 376 g/mol. The highest BCUT2D eigenvalue weighted by atomic mass is 79.9. The van der Waals surface area contributed by atoms with Crippen LogP contribution in [-0.2, 0) is 10.0 Å². The van der Waals surface area contributed by atoms with Crippen molar-refractivity contribution in [1.82, 2.24) is 4.31 Å². The van der Waals surface area contributed by atoms with Crippen LogP contribution in [0, 0.1) is 5.92 Å². The molecule has 21 heavy (non-hydrogen) atoms. The molecule has 0 heterocycles. The van der Waals surface area contributed by atoms with E-state index in [1.54, 1.807) is 13.1 Å². The van der Waals surface area contributed by atoms with Crippen molar-refractivity contribution in [1.29, 1.82) is 0 Å². The zero-order valence-electron chi connectivity index (χ0n) is 12.3. The smallest absolute Gasteiger partial charge is 0.246 e. The second kappa shape index (κ2) is 6.54. The van der Waals surface area contributed by atoms with Gasteiger partial charge in [0, 0.05) is 23.8 Å². The maximum Gasteiger partial charge on any atom is 0.246 e. The number of hydrogen-bond donors (Lipinski definition) is 1. The molecule has 2 N–H and O–H groups in total. The Balaban J connectivity index is 2.31. The van der Waals surface area contributed by atoms with Gasteiger partial charge in [-0.05, 0) is 46.8 Å². The van der Waals surface area contributed by atoms with Crippen LogP contribution in [0.15, 0.2) is 21.5 Å². The first-order valence-corrected chi connectivity index (χ1v) is 9.19. The first kappa shape index (κ1) is 16.6. The predicted molar refractivity (Wildman–Crippen MR) is 86.9 cm³/mol. The number of benzene rings is 1. The van der Waals surface area contributed by atoms with Crippen LogP contribution in [0.2, 0.25) is 0 Å². The Morgan fingerprint density at radius 2 is 2.00 bits per heavy atom. The summed E-state index contributed by atoms with van der Waals surface area (Å²) in [5.74, 6) is 0.748. The Hall–Kier alpha value is -0.790. The lowest BCUT2D eigenvalue weighted by atomic mass is 10.1. The van der Waals surface area contributed by atoms with Gasteiger partial charge < -0.3 is 10.5 Å². The molecule has 0 radical (unpaired) electrons. The summed E-state index contributed by atoms with van der Waals surface area (Å²) in [6, 6.07) is 3.04. The SMILES string of the molecule is COc1cc(Br)c(N)cc1S(=O)(=O)N(C)CC1CCCC1. The van der Waals surface area contributed by atoms with E-state index in [0.717, 1.165) is 12.8 Å². The van der Waals surface area contributed by atoms with Crippen molar-refractivity contribution in [2.24, 2.45) is 5.92 Å². The van der Waals surface area contributed by atoms with E-state index in [2.05, 4.69) is 15.9 Å². The van der Waals surface area contributed by atoms with Crippen molar-refractivity contribution < 1.29 is 13.2 Å². The fourth-order valence-corrected chi connectivity index (χ4v) is 4.47. The van der Waals surface area contributed by atoms with Gasteiger partial charge in [-0.3, -0.25) is 0 Å². The lowest BCUT2D eigenvalue weighted by Crippen LogP contribution is -2.31. The molecule has 1 aliphatic rings. The van der Waals surface area contributed by atoms with Crippen LogP contribution in [0.1, 0.15) is 25.7 Å². The van der Waals surface area contributed by atoms with Crippen LogP contribution in [0.4, 0.5) is 5.69 Å². The molecule has 0 aromatic heterocycles. The first-order chi connectivity index (χ1) is 9.86. The fourth-order valence-electron chi connectivity index (χ4n) is 2.73. The van der Waals surface area contributed by atoms with Crippen LogP contribution in [0.5, 0.6) is 5.75 Å². The number of halogens is 1. The topological polar surface area (TPSA) is 72.6 Å². The van der Waals surface area contributed by atoms with Gasteiger partial charge in [0.15, 0.2) is 0 Å². The Kier molecular flexibility index (Phi) is 5.16. The zero-order chi connectivity index (χ0) is 15.6. The lowest BCUT2D eigenvalue weighted by molar-refractivity contribution is 0.377. The van der Waals surface area contributed by atoms with Crippen molar-refractivity contribution in [3.63, 3.8) is 0 Å². The molecule has 0 unspecified atom stereocenters. The Morgan fingerprint density at radius 3 is 2.57 bits per heavy atom. The molecule has 0 aliphatic heterocycles. The molecular formula is C14H21BrN2O3S. The van der Waals surface area contributed by atoms with E-state index >= 15 is 0 Å². The molecule has 1 aromatic carbocycles. The van der Waals surface area contributed by atoms with Crippen molar-refractivity contribution in [3.8, 4) is 5.75 Å². The quantitative estimate of drug-likeness (QED) is 0.801. The van der Waals surface area contributed by atoms with Gasteiger partial charge in [-0.2, -0.15) is 0 Å². The Morgan fingerprint density at radius 1 is 1.38 bits per heavy atom. The Bertz CT molecular complexity index is 613. The molecule has 0 atom stereocenters. The van der Waals surface area contributed by atoms with Crippen LogP contribution in [-0.4, -0.2) is 33.4 Å². The summed E-state index contributed by atoms with van der Waals surface area (Å²) < 4.78 is 32.7. The van der Waals surface area contributed by atoms with E-state index in [4.69, 9.17) is 10.5 Å². The van der Waals surface area contributed by atoms with Crippen LogP contribution < -0.4 is 10.5 Å². The first-order valence-electron chi connectivity index (χ1n) is 6.95. The molecule has 7 heteroatoms. The van der Waals surface area contributed by atoms with Crippen molar-refractivity contribution in [2.45, 2.75) is 30.6 Å². The third-order valence-electron chi connectivity index (χ3n) is 3.96. The predicted octanol–water partition coefficient (Wildman–Crippen LogP) is 2.85. The molecule has 1 aliphatic carbocycles. The van der Waals surface area contributed by atoms with E-state index in [1.807, 2.05) is 0 Å². The van der Waals surface area contributed by atoms with Gasteiger partial charge >= 0.3 is 0 Å². The largest absolute Gasteiger partial charge is 0.495 e. The summed E-state index contributed by atoms with van der Waals surface area (Å²) in [6.45, 7) is 0.543. The number of anilines is 1. The summed E-state index contributed by atoms with van der Waals surface area (Å²) in [5.41, 5.74) is 6.20. The van der Waals surface area contributed by atoms with Gasteiger partial charge in [0.25, 0.3) is 0 Å². The minimum absolute atomic E-state index is 0.117. The van der Waals surface area contributed by atoms with Crippen molar-refractivity contribution in [2.75, 3.05) is 26.4 Å². The number of nitrogen functional groups attached to an aromatic ring is 1. The minimum atomic E-state index is -3.60. The Labute approximate surface area is 134 Å². The van der Waals surface area contributed by atoms with Gasteiger partial charge in [-0.25, -0.2) is 12.7 Å². The van der Waals surface area contributed by atoms with Crippen molar-refractivity contribution in [3.05, 3.63) is 16.6 Å². The highest BCUT2D eigenvalue weighted by Gasteiger charge is 2.28. The van der Waals surface area contributed by atoms with E-state index in [-0.39, 0.29) is 4.90 Å². The molecule has 118 valence electrons. The third-order valence-corrected chi connectivity index (χ3v) is 6.49. The average molecular weight is 377 g/mol. The highest BCUT2D eigenvalue weighted by molar-refractivity contribution is 9.10. The fraction of sp³-hybridized carbons (Fsp3) is 0.571. The van der Waals surface area contributed by atoms with Crippen LogP contribution in [0.25, 0.3) is 0 Å². The maximum absolute atomic E-state index is 12.7. The summed E-state index contributed by atoms with van der Waals surface area (Å²) in [4.78, 5) is 0.117.